The Balaban J connectivity index is 2.43. The molecule has 2 rings (SSSR count). The highest BCUT2D eigenvalue weighted by molar-refractivity contribution is 5.98. The third kappa shape index (κ3) is 1.88. The molecule has 1 fully saturated rings. The third-order valence-electron chi connectivity index (χ3n) is 4.21. The van der Waals surface area contributed by atoms with Gasteiger partial charge in [0.15, 0.2) is 5.78 Å². The van der Waals surface area contributed by atoms with Gasteiger partial charge in [0.1, 0.15) is 0 Å². The van der Waals surface area contributed by atoms with Crippen molar-refractivity contribution in [2.24, 2.45) is 17.8 Å². The lowest BCUT2D eigenvalue weighted by Crippen LogP contribution is -2.35. The highest BCUT2D eigenvalue weighted by Gasteiger charge is 2.38. The van der Waals surface area contributed by atoms with E-state index < -0.39 is 0 Å². The summed E-state index contributed by atoms with van der Waals surface area (Å²) in [5.41, 5.74) is 3.79. The van der Waals surface area contributed by atoms with Gasteiger partial charge in [0, 0.05) is 17.9 Å². The van der Waals surface area contributed by atoms with E-state index in [9.17, 15) is 4.79 Å². The normalized spacial score (nSPS) is 34.5. The first kappa shape index (κ1) is 11.6. The Bertz CT molecular complexity index is 369. The van der Waals surface area contributed by atoms with E-state index in [4.69, 9.17) is 0 Å². The number of rotatable bonds is 0. The molecular formula is C15H22O. The second kappa shape index (κ2) is 4.20. The lowest BCUT2D eigenvalue weighted by molar-refractivity contribution is -0.119. The number of ketones is 1. The first-order valence-corrected chi connectivity index (χ1v) is 6.38. The fourth-order valence-electron chi connectivity index (χ4n) is 3.38. The van der Waals surface area contributed by atoms with Crippen LogP contribution in [-0.4, -0.2) is 5.78 Å². The van der Waals surface area contributed by atoms with Crippen molar-refractivity contribution in [3.63, 3.8) is 0 Å². The molecule has 3 unspecified atom stereocenters. The van der Waals surface area contributed by atoms with Crippen molar-refractivity contribution < 1.29 is 4.79 Å². The van der Waals surface area contributed by atoms with Crippen molar-refractivity contribution in [3.8, 4) is 0 Å². The van der Waals surface area contributed by atoms with Gasteiger partial charge in [-0.2, -0.15) is 0 Å². The summed E-state index contributed by atoms with van der Waals surface area (Å²) in [5.74, 6) is 2.06. The molecule has 0 saturated heterocycles. The van der Waals surface area contributed by atoms with Gasteiger partial charge >= 0.3 is 0 Å². The number of hydrogen-bond donors (Lipinski definition) is 0. The molecule has 16 heavy (non-hydrogen) atoms. The first-order valence-electron chi connectivity index (χ1n) is 6.38. The van der Waals surface area contributed by atoms with Gasteiger partial charge in [-0.15, -0.1) is 0 Å². The number of carbonyl (C=O) groups excluding carboxylic acids is 1. The molecule has 0 N–H and O–H groups in total. The minimum absolute atomic E-state index is 0.389. The Morgan fingerprint density at radius 1 is 1.38 bits per heavy atom. The minimum atomic E-state index is 0.389. The smallest absolute Gasteiger partial charge is 0.159 e. The van der Waals surface area contributed by atoms with Crippen LogP contribution in [0.1, 0.15) is 47.0 Å². The number of fused-ring (bicyclic) bond motifs is 1. The highest BCUT2D eigenvalue weighted by Crippen LogP contribution is 2.44. The highest BCUT2D eigenvalue weighted by atomic mass is 16.1. The van der Waals surface area contributed by atoms with Crippen LogP contribution in [0.3, 0.4) is 0 Å². The molecule has 0 aromatic rings. The van der Waals surface area contributed by atoms with E-state index in [2.05, 4.69) is 33.8 Å². The van der Waals surface area contributed by atoms with Crippen molar-refractivity contribution in [1.82, 2.24) is 0 Å². The van der Waals surface area contributed by atoms with E-state index in [1.807, 2.05) is 0 Å². The van der Waals surface area contributed by atoms with Crippen molar-refractivity contribution in [2.75, 3.05) is 0 Å². The SMILES string of the molecule is CC1=CC2C(=C(C)C)C(=O)CC(C)C2CC1. The molecule has 2 aliphatic rings. The van der Waals surface area contributed by atoms with Crippen LogP contribution in [0.25, 0.3) is 0 Å². The lowest BCUT2D eigenvalue weighted by atomic mass is 9.64. The number of Topliss-reactive ketones (excluding diaryl/α,β-unsaturated/α-hetero) is 1. The Morgan fingerprint density at radius 3 is 2.69 bits per heavy atom. The standard InChI is InChI=1S/C15H22O/c1-9(2)15-13-7-10(3)5-6-12(13)11(4)8-14(15)16/h7,11-13H,5-6,8H2,1-4H3. The second-order valence-electron chi connectivity index (χ2n) is 5.76. The van der Waals surface area contributed by atoms with E-state index in [0.29, 0.717) is 23.5 Å². The summed E-state index contributed by atoms with van der Waals surface area (Å²) in [4.78, 5) is 12.1. The molecule has 0 aliphatic heterocycles. The van der Waals surface area contributed by atoms with Crippen LogP contribution in [0.5, 0.6) is 0 Å². The van der Waals surface area contributed by atoms with Crippen LogP contribution >= 0.6 is 0 Å². The summed E-state index contributed by atoms with van der Waals surface area (Å²) in [6, 6.07) is 0. The minimum Gasteiger partial charge on any atom is -0.295 e. The van der Waals surface area contributed by atoms with E-state index in [1.54, 1.807) is 0 Å². The van der Waals surface area contributed by atoms with Crippen LogP contribution in [0.2, 0.25) is 0 Å². The molecule has 1 saturated carbocycles. The van der Waals surface area contributed by atoms with Gasteiger partial charge in [-0.3, -0.25) is 4.79 Å². The van der Waals surface area contributed by atoms with Crippen LogP contribution in [0.15, 0.2) is 22.8 Å². The third-order valence-corrected chi connectivity index (χ3v) is 4.21. The van der Waals surface area contributed by atoms with Gasteiger partial charge < -0.3 is 0 Å². The van der Waals surface area contributed by atoms with E-state index >= 15 is 0 Å². The van der Waals surface area contributed by atoms with Crippen LogP contribution < -0.4 is 0 Å². The largest absolute Gasteiger partial charge is 0.295 e. The lowest BCUT2D eigenvalue weighted by Gasteiger charge is -2.40. The van der Waals surface area contributed by atoms with Gasteiger partial charge in [0.2, 0.25) is 0 Å². The Labute approximate surface area is 98.6 Å². The topological polar surface area (TPSA) is 17.1 Å². The summed E-state index contributed by atoms with van der Waals surface area (Å²) in [6.45, 7) is 8.60. The van der Waals surface area contributed by atoms with Crippen LogP contribution in [-0.2, 0) is 4.79 Å². The summed E-state index contributed by atoms with van der Waals surface area (Å²) in [7, 11) is 0. The van der Waals surface area contributed by atoms with Gasteiger partial charge in [0.25, 0.3) is 0 Å². The predicted octanol–water partition coefficient (Wildman–Crippen LogP) is 3.90. The molecule has 0 radical (unpaired) electrons. The summed E-state index contributed by atoms with van der Waals surface area (Å²) >= 11 is 0. The molecule has 0 spiro atoms. The van der Waals surface area contributed by atoms with Crippen molar-refractivity contribution >= 4 is 5.78 Å². The Morgan fingerprint density at radius 2 is 2.06 bits per heavy atom. The first-order chi connectivity index (χ1) is 7.50. The number of allylic oxidation sites excluding steroid dienone is 4. The summed E-state index contributed by atoms with van der Waals surface area (Å²) in [5, 5.41) is 0. The van der Waals surface area contributed by atoms with E-state index in [-0.39, 0.29) is 0 Å². The average Bonchev–Trinajstić information content (AvgIpc) is 2.15. The number of hydrogen-bond acceptors (Lipinski definition) is 1. The summed E-state index contributed by atoms with van der Waals surface area (Å²) < 4.78 is 0. The fraction of sp³-hybridized carbons (Fsp3) is 0.667. The van der Waals surface area contributed by atoms with Gasteiger partial charge in [-0.05, 0) is 45.4 Å². The average molecular weight is 218 g/mol. The van der Waals surface area contributed by atoms with E-state index in [0.717, 1.165) is 12.0 Å². The maximum absolute atomic E-state index is 12.1. The Hall–Kier alpha value is -0.850. The van der Waals surface area contributed by atoms with Crippen LogP contribution in [0.4, 0.5) is 0 Å². The van der Waals surface area contributed by atoms with Crippen molar-refractivity contribution in [3.05, 3.63) is 22.8 Å². The predicted molar refractivity (Wildman–Crippen MR) is 67.1 cm³/mol. The summed E-state index contributed by atoms with van der Waals surface area (Å²) in [6.07, 6.45) is 5.59. The molecule has 0 heterocycles. The molecule has 1 heteroatoms. The maximum Gasteiger partial charge on any atom is 0.159 e. The van der Waals surface area contributed by atoms with Crippen molar-refractivity contribution in [1.29, 1.82) is 0 Å². The van der Waals surface area contributed by atoms with E-state index in [1.165, 1.54) is 24.0 Å². The molecule has 2 aliphatic carbocycles. The molecule has 0 aromatic heterocycles. The molecular weight excluding hydrogens is 196 g/mol. The second-order valence-corrected chi connectivity index (χ2v) is 5.76. The molecule has 0 bridgehead atoms. The van der Waals surface area contributed by atoms with Crippen LogP contribution in [0, 0.1) is 17.8 Å². The zero-order valence-electron chi connectivity index (χ0n) is 10.8. The maximum atomic E-state index is 12.1. The van der Waals surface area contributed by atoms with Crippen molar-refractivity contribution in [2.45, 2.75) is 47.0 Å². The molecule has 0 amide bonds. The number of carbonyl (C=O) groups is 1. The Kier molecular flexibility index (Phi) is 3.05. The monoisotopic (exact) mass is 218 g/mol. The molecule has 1 nitrogen and oxygen atoms in total. The zero-order valence-corrected chi connectivity index (χ0v) is 10.8. The quantitative estimate of drug-likeness (QED) is 0.445. The molecule has 88 valence electrons. The molecule has 0 aromatic carbocycles. The fourth-order valence-corrected chi connectivity index (χ4v) is 3.38. The molecule has 3 atom stereocenters. The van der Waals surface area contributed by atoms with Gasteiger partial charge in [-0.1, -0.05) is 24.1 Å². The zero-order chi connectivity index (χ0) is 11.9. The van der Waals surface area contributed by atoms with Gasteiger partial charge in [-0.25, -0.2) is 0 Å². The van der Waals surface area contributed by atoms with Gasteiger partial charge in [0.05, 0.1) is 0 Å².